The van der Waals surface area contributed by atoms with Crippen LogP contribution in [-0.4, -0.2) is 13.6 Å². The molecule has 2 heteroatoms. The zero-order chi connectivity index (χ0) is 15.1. The van der Waals surface area contributed by atoms with Crippen LogP contribution in [-0.2, 0) is 0 Å². The lowest BCUT2D eigenvalue weighted by Crippen LogP contribution is -2.07. The molecule has 0 spiro atoms. The summed E-state index contributed by atoms with van der Waals surface area (Å²) in [5.74, 6) is 0.550. The first kappa shape index (κ1) is 16.1. The topological polar surface area (TPSA) is 12.0 Å². The number of hydrogen-bond donors (Lipinski definition) is 1. The molecule has 0 amide bonds. The second-order valence-corrected chi connectivity index (χ2v) is 5.97. The molecule has 112 valence electrons. The zero-order valence-corrected chi connectivity index (χ0v) is 13.7. The molecule has 2 rings (SSSR count). The number of unbranched alkanes of at least 4 members (excludes halogenated alkanes) is 1. The van der Waals surface area contributed by atoms with E-state index in [0.29, 0.717) is 5.92 Å². The Morgan fingerprint density at radius 3 is 2.33 bits per heavy atom. The largest absolute Gasteiger partial charge is 0.320 e. The van der Waals surface area contributed by atoms with Crippen LogP contribution >= 0.6 is 11.6 Å². The smallest absolute Gasteiger partial charge is 0.0484 e. The maximum Gasteiger partial charge on any atom is 0.0484 e. The van der Waals surface area contributed by atoms with Crippen LogP contribution in [0.3, 0.4) is 0 Å². The highest BCUT2D eigenvalue weighted by Crippen LogP contribution is 2.35. The Balaban J connectivity index is 2.19. The monoisotopic (exact) mass is 301 g/mol. The number of rotatable bonds is 7. The molecule has 0 saturated heterocycles. The van der Waals surface area contributed by atoms with Crippen molar-refractivity contribution >= 4 is 11.6 Å². The van der Waals surface area contributed by atoms with Gasteiger partial charge in [0.2, 0.25) is 0 Å². The van der Waals surface area contributed by atoms with E-state index in [0.717, 1.165) is 17.1 Å². The molecule has 21 heavy (non-hydrogen) atoms. The average Bonchev–Trinajstić information content (AvgIpc) is 2.52. The Hall–Kier alpha value is -1.31. The van der Waals surface area contributed by atoms with Crippen molar-refractivity contribution in [1.29, 1.82) is 0 Å². The molecular formula is C19H24ClN. The van der Waals surface area contributed by atoms with Crippen LogP contribution in [0.1, 0.15) is 37.7 Å². The normalized spacial score (nSPS) is 12.3. The third-order valence-electron chi connectivity index (χ3n) is 3.97. The third-order valence-corrected chi connectivity index (χ3v) is 4.30. The van der Waals surface area contributed by atoms with Gasteiger partial charge in [-0.1, -0.05) is 67.4 Å². The fourth-order valence-corrected chi connectivity index (χ4v) is 3.00. The molecular weight excluding hydrogens is 278 g/mol. The Labute approximate surface area is 133 Å². The quantitative estimate of drug-likeness (QED) is 0.666. The molecule has 1 atom stereocenters. The Bertz CT molecular complexity index is 565. The standard InChI is InChI=1S/C19H24ClN/c1-15(9-7-8-14-21-2)16-10-3-4-11-17(16)18-12-5-6-13-19(18)20/h3-6,10-13,15,21H,7-9,14H2,1-2H3. The van der Waals surface area contributed by atoms with Gasteiger partial charge >= 0.3 is 0 Å². The highest BCUT2D eigenvalue weighted by Gasteiger charge is 2.13. The van der Waals surface area contributed by atoms with Crippen molar-refractivity contribution in [3.8, 4) is 11.1 Å². The minimum absolute atomic E-state index is 0.550. The second-order valence-electron chi connectivity index (χ2n) is 5.57. The number of hydrogen-bond acceptors (Lipinski definition) is 1. The van der Waals surface area contributed by atoms with Gasteiger partial charge in [0.15, 0.2) is 0 Å². The third kappa shape index (κ3) is 4.33. The molecule has 0 radical (unpaired) electrons. The molecule has 0 aliphatic rings. The fraction of sp³-hybridized carbons (Fsp3) is 0.368. The highest BCUT2D eigenvalue weighted by molar-refractivity contribution is 6.33. The van der Waals surface area contributed by atoms with Crippen LogP contribution < -0.4 is 5.32 Å². The molecule has 0 aliphatic heterocycles. The molecule has 1 N–H and O–H groups in total. The van der Waals surface area contributed by atoms with Crippen molar-refractivity contribution in [3.63, 3.8) is 0 Å². The Kier molecular flexibility index (Phi) is 6.28. The van der Waals surface area contributed by atoms with Crippen LogP contribution in [0, 0.1) is 0 Å². The Morgan fingerprint density at radius 2 is 1.62 bits per heavy atom. The molecule has 0 aliphatic carbocycles. The summed E-state index contributed by atoms with van der Waals surface area (Å²) in [5, 5.41) is 4.03. The summed E-state index contributed by atoms with van der Waals surface area (Å²) < 4.78 is 0. The van der Waals surface area contributed by atoms with Crippen LogP contribution in [0.4, 0.5) is 0 Å². The summed E-state index contributed by atoms with van der Waals surface area (Å²) in [6.45, 7) is 3.41. The lowest BCUT2D eigenvalue weighted by molar-refractivity contribution is 0.588. The van der Waals surface area contributed by atoms with Crippen molar-refractivity contribution in [3.05, 3.63) is 59.1 Å². The molecule has 2 aromatic carbocycles. The second kappa shape index (κ2) is 8.21. The van der Waals surface area contributed by atoms with Crippen molar-refractivity contribution in [2.45, 2.75) is 32.1 Å². The summed E-state index contributed by atoms with van der Waals surface area (Å²) in [4.78, 5) is 0. The number of benzene rings is 2. The molecule has 2 aromatic rings. The first-order valence-electron chi connectivity index (χ1n) is 7.72. The van der Waals surface area contributed by atoms with E-state index in [-0.39, 0.29) is 0 Å². The van der Waals surface area contributed by atoms with Crippen molar-refractivity contribution in [2.24, 2.45) is 0 Å². The molecule has 1 unspecified atom stereocenters. The van der Waals surface area contributed by atoms with Gasteiger partial charge in [-0.05, 0) is 49.5 Å². The minimum atomic E-state index is 0.550. The van der Waals surface area contributed by atoms with Crippen LogP contribution in [0.5, 0.6) is 0 Å². The van der Waals surface area contributed by atoms with Crippen LogP contribution in [0.15, 0.2) is 48.5 Å². The van der Waals surface area contributed by atoms with Crippen LogP contribution in [0.2, 0.25) is 5.02 Å². The van der Waals surface area contributed by atoms with E-state index < -0.39 is 0 Å². The minimum Gasteiger partial charge on any atom is -0.320 e. The molecule has 0 saturated carbocycles. The Morgan fingerprint density at radius 1 is 0.952 bits per heavy atom. The van der Waals surface area contributed by atoms with Crippen LogP contribution in [0.25, 0.3) is 11.1 Å². The summed E-state index contributed by atoms with van der Waals surface area (Å²) in [5.41, 5.74) is 3.80. The van der Waals surface area contributed by atoms with Crippen molar-refractivity contribution in [1.82, 2.24) is 5.32 Å². The predicted molar refractivity (Wildman–Crippen MR) is 93.1 cm³/mol. The van der Waals surface area contributed by atoms with Gasteiger partial charge in [0, 0.05) is 10.6 Å². The predicted octanol–water partition coefficient (Wildman–Crippen LogP) is 5.50. The molecule has 0 fully saturated rings. The van der Waals surface area contributed by atoms with E-state index >= 15 is 0 Å². The SMILES string of the molecule is CNCCCCC(C)c1ccccc1-c1ccccc1Cl. The summed E-state index contributed by atoms with van der Waals surface area (Å²) in [6.07, 6.45) is 3.69. The van der Waals surface area contributed by atoms with E-state index in [2.05, 4.69) is 48.6 Å². The highest BCUT2D eigenvalue weighted by atomic mass is 35.5. The summed E-state index contributed by atoms with van der Waals surface area (Å²) in [7, 11) is 2.01. The lowest BCUT2D eigenvalue weighted by Gasteiger charge is -2.17. The van der Waals surface area contributed by atoms with E-state index in [1.807, 2.05) is 19.2 Å². The average molecular weight is 302 g/mol. The molecule has 0 heterocycles. The lowest BCUT2D eigenvalue weighted by atomic mass is 9.88. The maximum absolute atomic E-state index is 6.37. The van der Waals surface area contributed by atoms with Gasteiger partial charge in [-0.25, -0.2) is 0 Å². The van der Waals surface area contributed by atoms with Gasteiger partial charge < -0.3 is 5.32 Å². The van der Waals surface area contributed by atoms with Crippen molar-refractivity contribution in [2.75, 3.05) is 13.6 Å². The van der Waals surface area contributed by atoms with Crippen molar-refractivity contribution < 1.29 is 0 Å². The van der Waals surface area contributed by atoms with Gasteiger partial charge in [-0.2, -0.15) is 0 Å². The summed E-state index contributed by atoms with van der Waals surface area (Å²) >= 11 is 6.37. The van der Waals surface area contributed by atoms with Gasteiger partial charge in [-0.15, -0.1) is 0 Å². The van der Waals surface area contributed by atoms with Gasteiger partial charge in [0.25, 0.3) is 0 Å². The van der Waals surface area contributed by atoms with E-state index in [1.54, 1.807) is 0 Å². The summed E-state index contributed by atoms with van der Waals surface area (Å²) in [6, 6.07) is 16.7. The van der Waals surface area contributed by atoms with E-state index in [1.165, 1.54) is 30.4 Å². The first-order chi connectivity index (χ1) is 10.2. The van der Waals surface area contributed by atoms with E-state index in [4.69, 9.17) is 11.6 Å². The first-order valence-corrected chi connectivity index (χ1v) is 8.10. The van der Waals surface area contributed by atoms with Gasteiger partial charge in [-0.3, -0.25) is 0 Å². The number of nitrogens with one attached hydrogen (secondary N) is 1. The van der Waals surface area contributed by atoms with Gasteiger partial charge in [0.1, 0.15) is 0 Å². The maximum atomic E-state index is 6.37. The molecule has 0 aromatic heterocycles. The fourth-order valence-electron chi connectivity index (χ4n) is 2.76. The molecule has 0 bridgehead atoms. The zero-order valence-electron chi connectivity index (χ0n) is 12.9. The number of halogens is 1. The van der Waals surface area contributed by atoms with E-state index in [9.17, 15) is 0 Å². The molecule has 1 nitrogen and oxygen atoms in total. The van der Waals surface area contributed by atoms with Gasteiger partial charge in [0.05, 0.1) is 0 Å².